The molecule has 3 amide bonds. The molecule has 0 bridgehead atoms. The zero-order valence-corrected chi connectivity index (χ0v) is 16.5. The molecule has 0 fully saturated rings. The molecule has 0 aliphatic heterocycles. The zero-order valence-electron chi connectivity index (χ0n) is 16.5. The Balaban J connectivity index is 1.78. The second-order valence-electron chi connectivity index (χ2n) is 6.17. The summed E-state index contributed by atoms with van der Waals surface area (Å²) in [5.74, 6) is -0.144. The lowest BCUT2D eigenvalue weighted by Gasteiger charge is -2.11. The van der Waals surface area contributed by atoms with Gasteiger partial charge in [0.1, 0.15) is 0 Å². The number of amides is 3. The second-order valence-corrected chi connectivity index (χ2v) is 6.17. The molecule has 0 radical (unpaired) electrons. The van der Waals surface area contributed by atoms with Gasteiger partial charge in [-0.05, 0) is 42.8 Å². The van der Waals surface area contributed by atoms with Gasteiger partial charge in [-0.3, -0.25) is 25.2 Å². The van der Waals surface area contributed by atoms with Gasteiger partial charge in [0.05, 0.1) is 7.11 Å². The van der Waals surface area contributed by atoms with Gasteiger partial charge in [0, 0.05) is 17.7 Å². The number of ether oxygens (including phenoxy) is 2. The van der Waals surface area contributed by atoms with Crippen molar-refractivity contribution in [3.63, 3.8) is 0 Å². The Labute approximate surface area is 169 Å². The summed E-state index contributed by atoms with van der Waals surface area (Å²) in [6.45, 7) is 1.73. The van der Waals surface area contributed by atoms with E-state index in [2.05, 4.69) is 16.2 Å². The topological polar surface area (TPSA) is 106 Å². The molecule has 0 atom stereocenters. The van der Waals surface area contributed by atoms with Crippen LogP contribution in [0.15, 0.2) is 48.5 Å². The molecule has 0 saturated carbocycles. The number of rotatable bonds is 9. The average molecular weight is 399 g/mol. The van der Waals surface area contributed by atoms with E-state index in [4.69, 9.17) is 9.47 Å². The van der Waals surface area contributed by atoms with Crippen LogP contribution in [0.1, 0.15) is 36.5 Å². The lowest BCUT2D eigenvalue weighted by molar-refractivity contribution is -0.123. The standard InChI is InChI=1S/C21H25N3O5/c1-3-4-9-19(25)22-16-12-10-15(11-13-16)21(27)24-23-20(26)14-29-18-8-6-5-7-17(18)28-2/h5-8,10-13H,3-4,9,14H2,1-2H3,(H,22,25)(H,23,26)(H,24,27). The summed E-state index contributed by atoms with van der Waals surface area (Å²) in [5.41, 5.74) is 5.54. The monoisotopic (exact) mass is 399 g/mol. The first-order valence-electron chi connectivity index (χ1n) is 9.28. The number of hydrogen-bond acceptors (Lipinski definition) is 5. The number of carbonyl (C=O) groups excluding carboxylic acids is 3. The summed E-state index contributed by atoms with van der Waals surface area (Å²) in [6.07, 6.45) is 2.23. The first kappa shape index (κ1) is 21.7. The number of methoxy groups -OCH3 is 1. The number of anilines is 1. The molecule has 2 aromatic carbocycles. The predicted molar refractivity (Wildman–Crippen MR) is 109 cm³/mol. The van der Waals surface area contributed by atoms with Gasteiger partial charge in [-0.2, -0.15) is 0 Å². The van der Waals surface area contributed by atoms with E-state index >= 15 is 0 Å². The number of hydrogen-bond donors (Lipinski definition) is 3. The lowest BCUT2D eigenvalue weighted by atomic mass is 10.2. The van der Waals surface area contributed by atoms with Crippen LogP contribution in [0.4, 0.5) is 5.69 Å². The van der Waals surface area contributed by atoms with E-state index in [0.717, 1.165) is 12.8 Å². The summed E-state index contributed by atoms with van der Waals surface area (Å²) in [7, 11) is 1.50. The molecule has 0 saturated heterocycles. The highest BCUT2D eigenvalue weighted by molar-refractivity contribution is 5.96. The smallest absolute Gasteiger partial charge is 0.276 e. The number of carbonyl (C=O) groups is 3. The largest absolute Gasteiger partial charge is 0.493 e. The summed E-state index contributed by atoms with van der Waals surface area (Å²) < 4.78 is 10.5. The van der Waals surface area contributed by atoms with Crippen LogP contribution in [0.2, 0.25) is 0 Å². The maximum atomic E-state index is 12.1. The van der Waals surface area contributed by atoms with Crippen LogP contribution in [0.3, 0.4) is 0 Å². The van der Waals surface area contributed by atoms with Crippen molar-refractivity contribution in [1.82, 2.24) is 10.9 Å². The maximum Gasteiger partial charge on any atom is 0.276 e. The van der Waals surface area contributed by atoms with Crippen LogP contribution in [-0.2, 0) is 9.59 Å². The fourth-order valence-electron chi connectivity index (χ4n) is 2.38. The van der Waals surface area contributed by atoms with Crippen molar-refractivity contribution in [2.45, 2.75) is 26.2 Å². The van der Waals surface area contributed by atoms with Crippen LogP contribution in [-0.4, -0.2) is 31.4 Å². The Kier molecular flexibility index (Phi) is 8.50. The third-order valence-electron chi connectivity index (χ3n) is 3.93. The van der Waals surface area contributed by atoms with Gasteiger partial charge in [0.25, 0.3) is 11.8 Å². The first-order valence-corrected chi connectivity index (χ1v) is 9.28. The van der Waals surface area contributed by atoms with Crippen LogP contribution in [0.5, 0.6) is 11.5 Å². The fourth-order valence-corrected chi connectivity index (χ4v) is 2.38. The van der Waals surface area contributed by atoms with Crippen molar-refractivity contribution in [3.8, 4) is 11.5 Å². The minimum atomic E-state index is -0.524. The van der Waals surface area contributed by atoms with E-state index in [-0.39, 0.29) is 12.5 Å². The normalized spacial score (nSPS) is 10.0. The molecular weight excluding hydrogens is 374 g/mol. The average Bonchev–Trinajstić information content (AvgIpc) is 2.75. The van der Waals surface area contributed by atoms with Gasteiger partial charge < -0.3 is 14.8 Å². The van der Waals surface area contributed by atoms with Gasteiger partial charge in [-0.25, -0.2) is 0 Å². The van der Waals surface area contributed by atoms with E-state index in [9.17, 15) is 14.4 Å². The van der Waals surface area contributed by atoms with Crippen molar-refractivity contribution >= 4 is 23.4 Å². The molecule has 154 valence electrons. The van der Waals surface area contributed by atoms with E-state index < -0.39 is 11.8 Å². The fraction of sp³-hybridized carbons (Fsp3) is 0.286. The molecule has 8 heteroatoms. The second kappa shape index (κ2) is 11.3. The number of benzene rings is 2. The minimum Gasteiger partial charge on any atom is -0.493 e. The molecule has 3 N–H and O–H groups in total. The summed E-state index contributed by atoms with van der Waals surface area (Å²) in [4.78, 5) is 35.7. The molecule has 29 heavy (non-hydrogen) atoms. The van der Waals surface area contributed by atoms with Gasteiger partial charge in [-0.15, -0.1) is 0 Å². The third-order valence-corrected chi connectivity index (χ3v) is 3.93. The number of hydrazine groups is 1. The molecule has 0 heterocycles. The molecular formula is C21H25N3O5. The predicted octanol–water partition coefficient (Wildman–Crippen LogP) is 2.66. The van der Waals surface area contributed by atoms with E-state index in [1.54, 1.807) is 48.5 Å². The van der Waals surface area contributed by atoms with E-state index in [1.807, 2.05) is 6.92 Å². The number of para-hydroxylation sites is 2. The first-order chi connectivity index (χ1) is 14.0. The van der Waals surface area contributed by atoms with Crippen molar-refractivity contribution in [1.29, 1.82) is 0 Å². The van der Waals surface area contributed by atoms with Gasteiger partial charge in [0.2, 0.25) is 5.91 Å². The molecule has 0 aliphatic carbocycles. The summed E-state index contributed by atoms with van der Waals surface area (Å²) in [5, 5.41) is 2.77. The van der Waals surface area contributed by atoms with Gasteiger partial charge in [-0.1, -0.05) is 25.5 Å². The number of unbranched alkanes of at least 4 members (excludes halogenated alkanes) is 1. The quantitative estimate of drug-likeness (QED) is 0.562. The molecule has 0 aliphatic rings. The van der Waals surface area contributed by atoms with Crippen LogP contribution >= 0.6 is 0 Å². The van der Waals surface area contributed by atoms with Crippen molar-refractivity contribution < 1.29 is 23.9 Å². The minimum absolute atomic E-state index is 0.0636. The highest BCUT2D eigenvalue weighted by Crippen LogP contribution is 2.25. The molecule has 8 nitrogen and oxygen atoms in total. The Morgan fingerprint density at radius 2 is 1.59 bits per heavy atom. The van der Waals surface area contributed by atoms with Crippen molar-refractivity contribution in [2.24, 2.45) is 0 Å². The van der Waals surface area contributed by atoms with Gasteiger partial charge >= 0.3 is 0 Å². The highest BCUT2D eigenvalue weighted by atomic mass is 16.5. The van der Waals surface area contributed by atoms with Crippen molar-refractivity contribution in [3.05, 3.63) is 54.1 Å². The molecule has 0 unspecified atom stereocenters. The molecule has 2 aromatic rings. The van der Waals surface area contributed by atoms with Crippen molar-refractivity contribution in [2.75, 3.05) is 19.0 Å². The molecule has 2 rings (SSSR count). The Hall–Kier alpha value is -3.55. The third kappa shape index (κ3) is 7.17. The van der Waals surface area contributed by atoms with Crippen LogP contribution < -0.4 is 25.6 Å². The van der Waals surface area contributed by atoms with E-state index in [0.29, 0.717) is 29.2 Å². The summed E-state index contributed by atoms with van der Waals surface area (Å²) >= 11 is 0. The Bertz CT molecular complexity index is 836. The van der Waals surface area contributed by atoms with E-state index in [1.165, 1.54) is 7.11 Å². The van der Waals surface area contributed by atoms with Gasteiger partial charge in [0.15, 0.2) is 18.1 Å². The molecule has 0 aromatic heterocycles. The zero-order chi connectivity index (χ0) is 21.1. The SMILES string of the molecule is CCCCC(=O)Nc1ccc(C(=O)NNC(=O)COc2ccccc2OC)cc1. The lowest BCUT2D eigenvalue weighted by Crippen LogP contribution is -2.43. The summed E-state index contributed by atoms with van der Waals surface area (Å²) in [6, 6.07) is 13.3. The van der Waals surface area contributed by atoms with Crippen LogP contribution in [0, 0.1) is 0 Å². The number of nitrogens with one attached hydrogen (secondary N) is 3. The Morgan fingerprint density at radius 3 is 2.24 bits per heavy atom. The Morgan fingerprint density at radius 1 is 0.897 bits per heavy atom. The van der Waals surface area contributed by atoms with Crippen LogP contribution in [0.25, 0.3) is 0 Å². The maximum absolute atomic E-state index is 12.1. The molecule has 0 spiro atoms. The highest BCUT2D eigenvalue weighted by Gasteiger charge is 2.10.